The number of halogens is 3. The highest BCUT2D eigenvalue weighted by molar-refractivity contribution is 7.18. The van der Waals surface area contributed by atoms with E-state index in [1.807, 2.05) is 30.3 Å². The van der Waals surface area contributed by atoms with Crippen molar-refractivity contribution in [2.45, 2.75) is 13.1 Å². The largest absolute Gasteiger partial charge is 0.416 e. The number of amides is 2. The number of carbonyl (C=O) groups excluding carboxylic acids is 2. The Bertz CT molecular complexity index is 1690. The van der Waals surface area contributed by atoms with Crippen molar-refractivity contribution in [3.05, 3.63) is 107 Å². The predicted octanol–water partition coefficient (Wildman–Crippen LogP) is 7.27. The summed E-state index contributed by atoms with van der Waals surface area (Å²) in [6.45, 7) is 1.78. The fraction of sp³-hybridized carbons (Fsp3) is 0.0714. The lowest BCUT2D eigenvalue weighted by atomic mass is 10.1. The van der Waals surface area contributed by atoms with E-state index in [0.29, 0.717) is 33.0 Å². The second kappa shape index (κ2) is 10.5. The van der Waals surface area contributed by atoms with Crippen LogP contribution in [0.15, 0.2) is 84.5 Å². The van der Waals surface area contributed by atoms with Crippen molar-refractivity contribution < 1.29 is 22.8 Å². The van der Waals surface area contributed by atoms with E-state index in [-0.39, 0.29) is 5.56 Å². The summed E-state index contributed by atoms with van der Waals surface area (Å²) < 4.78 is 39.8. The number of aryl methyl sites for hydroxylation is 1. The fourth-order valence-electron chi connectivity index (χ4n) is 3.82. The van der Waals surface area contributed by atoms with Crippen LogP contribution in [-0.2, 0) is 6.18 Å². The van der Waals surface area contributed by atoms with Crippen molar-refractivity contribution in [3.8, 4) is 0 Å². The van der Waals surface area contributed by atoms with Crippen LogP contribution < -0.4 is 16.0 Å². The van der Waals surface area contributed by atoms with Crippen LogP contribution >= 0.6 is 11.3 Å². The molecule has 0 saturated heterocycles. The third kappa shape index (κ3) is 5.73. The smallest absolute Gasteiger partial charge is 0.339 e. The quantitative estimate of drug-likeness (QED) is 0.208. The minimum Gasteiger partial charge on any atom is -0.339 e. The highest BCUT2D eigenvalue weighted by Gasteiger charge is 2.31. The number of anilines is 4. The van der Waals surface area contributed by atoms with Gasteiger partial charge in [-0.15, -0.1) is 11.3 Å². The Labute approximate surface area is 224 Å². The minimum absolute atomic E-state index is 0.139. The number of benzene rings is 3. The first kappa shape index (κ1) is 25.9. The number of alkyl halides is 3. The van der Waals surface area contributed by atoms with Crippen LogP contribution in [0.2, 0.25) is 0 Å². The molecule has 3 aromatic carbocycles. The molecule has 3 N–H and O–H groups in total. The lowest BCUT2D eigenvalue weighted by Crippen LogP contribution is -2.15. The molecule has 0 unspecified atom stereocenters. The topological polar surface area (TPSA) is 96.0 Å². The van der Waals surface area contributed by atoms with Crippen molar-refractivity contribution in [3.63, 3.8) is 0 Å². The Kier molecular flexibility index (Phi) is 6.99. The molecule has 2 amide bonds. The van der Waals surface area contributed by atoms with Crippen LogP contribution in [0.4, 0.5) is 36.1 Å². The van der Waals surface area contributed by atoms with Gasteiger partial charge in [-0.2, -0.15) is 13.2 Å². The molecule has 0 saturated carbocycles. The van der Waals surface area contributed by atoms with Gasteiger partial charge in [-0.3, -0.25) is 9.59 Å². The average molecular weight is 548 g/mol. The molecule has 0 aliphatic carbocycles. The molecule has 0 atom stereocenters. The Morgan fingerprint density at radius 3 is 2.41 bits per heavy atom. The molecular weight excluding hydrogens is 527 g/mol. The van der Waals surface area contributed by atoms with Gasteiger partial charge in [0, 0.05) is 28.0 Å². The van der Waals surface area contributed by atoms with Crippen LogP contribution in [0.25, 0.3) is 10.2 Å². The van der Waals surface area contributed by atoms with E-state index in [0.717, 1.165) is 23.4 Å². The van der Waals surface area contributed by atoms with Gasteiger partial charge in [-0.1, -0.05) is 30.3 Å². The highest BCUT2D eigenvalue weighted by Crippen LogP contribution is 2.32. The number of hydrogen-bond acceptors (Lipinski definition) is 6. The number of rotatable bonds is 6. The SMILES string of the molecule is Cc1ccc(NC(=O)c2cccc(C(F)(F)F)c2)cc1NC(=O)c1csc2c(Nc3ccccc3)ncnc12. The van der Waals surface area contributed by atoms with E-state index >= 15 is 0 Å². The molecule has 0 fully saturated rings. The molecule has 196 valence electrons. The van der Waals surface area contributed by atoms with Crippen molar-refractivity contribution >= 4 is 56.2 Å². The van der Waals surface area contributed by atoms with Crippen molar-refractivity contribution in [1.82, 2.24) is 9.97 Å². The average Bonchev–Trinajstić information content (AvgIpc) is 3.36. The van der Waals surface area contributed by atoms with Gasteiger partial charge in [-0.25, -0.2) is 9.97 Å². The van der Waals surface area contributed by atoms with E-state index < -0.39 is 23.6 Å². The molecule has 0 aliphatic heterocycles. The van der Waals surface area contributed by atoms with E-state index in [9.17, 15) is 22.8 Å². The van der Waals surface area contributed by atoms with Gasteiger partial charge in [0.05, 0.1) is 21.3 Å². The molecule has 39 heavy (non-hydrogen) atoms. The third-order valence-electron chi connectivity index (χ3n) is 5.83. The van der Waals surface area contributed by atoms with Crippen LogP contribution in [-0.4, -0.2) is 21.8 Å². The first-order valence-electron chi connectivity index (χ1n) is 11.6. The van der Waals surface area contributed by atoms with Gasteiger partial charge in [0.1, 0.15) is 6.33 Å². The summed E-state index contributed by atoms with van der Waals surface area (Å²) in [6.07, 6.45) is -3.18. The molecule has 0 bridgehead atoms. The first-order valence-corrected chi connectivity index (χ1v) is 12.5. The van der Waals surface area contributed by atoms with Gasteiger partial charge in [0.15, 0.2) is 5.82 Å². The maximum absolute atomic E-state index is 13.2. The molecule has 11 heteroatoms. The van der Waals surface area contributed by atoms with E-state index in [4.69, 9.17) is 0 Å². The Morgan fingerprint density at radius 1 is 0.846 bits per heavy atom. The normalized spacial score (nSPS) is 11.3. The molecule has 5 aromatic rings. The molecule has 2 aromatic heterocycles. The van der Waals surface area contributed by atoms with Gasteiger partial charge < -0.3 is 16.0 Å². The number of carbonyl (C=O) groups is 2. The van der Waals surface area contributed by atoms with Gasteiger partial charge in [0.2, 0.25) is 0 Å². The van der Waals surface area contributed by atoms with E-state index in [2.05, 4.69) is 25.9 Å². The summed E-state index contributed by atoms with van der Waals surface area (Å²) in [5.74, 6) is -0.540. The van der Waals surface area contributed by atoms with E-state index in [1.54, 1.807) is 30.5 Å². The van der Waals surface area contributed by atoms with Crippen molar-refractivity contribution in [2.24, 2.45) is 0 Å². The van der Waals surface area contributed by atoms with Gasteiger partial charge in [-0.05, 0) is 55.0 Å². The van der Waals surface area contributed by atoms with E-state index in [1.165, 1.54) is 29.8 Å². The number of nitrogens with one attached hydrogen (secondary N) is 3. The number of thiophene rings is 1. The van der Waals surface area contributed by atoms with Gasteiger partial charge >= 0.3 is 6.18 Å². The lowest BCUT2D eigenvalue weighted by Gasteiger charge is -2.12. The van der Waals surface area contributed by atoms with Crippen molar-refractivity contribution in [2.75, 3.05) is 16.0 Å². The molecule has 2 heterocycles. The second-order valence-corrected chi connectivity index (χ2v) is 9.44. The molecule has 0 radical (unpaired) electrons. The minimum atomic E-state index is -4.56. The summed E-state index contributed by atoms with van der Waals surface area (Å²) in [6, 6.07) is 18.5. The zero-order chi connectivity index (χ0) is 27.6. The number of nitrogens with zero attached hydrogens (tertiary/aromatic N) is 2. The molecule has 0 aliphatic rings. The summed E-state index contributed by atoms with van der Waals surface area (Å²) in [5, 5.41) is 10.4. The molecule has 5 rings (SSSR count). The maximum atomic E-state index is 13.2. The number of hydrogen-bond donors (Lipinski definition) is 3. The summed E-state index contributed by atoms with van der Waals surface area (Å²) in [7, 11) is 0. The Morgan fingerprint density at radius 2 is 1.64 bits per heavy atom. The molecule has 0 spiro atoms. The second-order valence-electron chi connectivity index (χ2n) is 8.56. The monoisotopic (exact) mass is 547 g/mol. The summed E-state index contributed by atoms with van der Waals surface area (Å²) >= 11 is 1.33. The Hall–Kier alpha value is -4.77. The molecular formula is C28H20F3N5O2S. The van der Waals surface area contributed by atoms with Crippen molar-refractivity contribution in [1.29, 1.82) is 0 Å². The number of para-hydroxylation sites is 1. The maximum Gasteiger partial charge on any atom is 0.416 e. The standard InChI is InChI=1S/C28H20F3N5O2S/c1-16-10-11-20(35-26(37)17-6-5-7-18(12-17)28(29,30)31)13-22(16)36-27(38)21-14-39-24-23(21)32-15-33-25(24)34-19-8-3-2-4-9-19/h2-15H,1H3,(H,35,37)(H,36,38)(H,32,33,34). The zero-order valence-electron chi connectivity index (χ0n) is 20.3. The highest BCUT2D eigenvalue weighted by atomic mass is 32.1. The van der Waals surface area contributed by atoms with Gasteiger partial charge in [0.25, 0.3) is 11.8 Å². The number of aromatic nitrogens is 2. The van der Waals surface area contributed by atoms with Crippen LogP contribution in [0.3, 0.4) is 0 Å². The fourth-order valence-corrected chi connectivity index (χ4v) is 4.77. The summed E-state index contributed by atoms with van der Waals surface area (Å²) in [5.41, 5.74) is 2.09. The van der Waals surface area contributed by atoms with Crippen LogP contribution in [0, 0.1) is 6.92 Å². The number of fused-ring (bicyclic) bond motifs is 1. The first-order chi connectivity index (χ1) is 18.7. The van der Waals surface area contributed by atoms with Crippen LogP contribution in [0.5, 0.6) is 0 Å². The Balaban J connectivity index is 1.35. The molecule has 7 nitrogen and oxygen atoms in total. The van der Waals surface area contributed by atoms with Crippen LogP contribution in [0.1, 0.15) is 31.8 Å². The lowest BCUT2D eigenvalue weighted by molar-refractivity contribution is -0.137. The zero-order valence-corrected chi connectivity index (χ0v) is 21.2. The predicted molar refractivity (Wildman–Crippen MR) is 146 cm³/mol. The summed E-state index contributed by atoms with van der Waals surface area (Å²) in [4.78, 5) is 34.5. The third-order valence-corrected chi connectivity index (χ3v) is 6.81.